The molecule has 0 aliphatic carbocycles. The molecule has 2 aromatic rings. The van der Waals surface area contributed by atoms with Crippen molar-refractivity contribution >= 4 is 22.8 Å². The number of aromatic amines is 1. The van der Waals surface area contributed by atoms with E-state index in [4.69, 9.17) is 0 Å². The highest BCUT2D eigenvalue weighted by atomic mass is 32.2. The quantitative estimate of drug-likeness (QED) is 0.640. The predicted octanol–water partition coefficient (Wildman–Crippen LogP) is 2.49. The molecule has 2 aromatic heterocycles. The van der Waals surface area contributed by atoms with Gasteiger partial charge in [0.05, 0.1) is 11.6 Å². The molecular formula is C10H14N4S. The summed E-state index contributed by atoms with van der Waals surface area (Å²) in [6, 6.07) is 0. The van der Waals surface area contributed by atoms with Crippen molar-refractivity contribution in [2.24, 2.45) is 5.92 Å². The highest BCUT2D eigenvalue weighted by molar-refractivity contribution is 8.00. The van der Waals surface area contributed by atoms with Crippen LogP contribution in [0.1, 0.15) is 20.8 Å². The molecule has 0 aliphatic rings. The first kappa shape index (κ1) is 10.4. The number of fused-ring (bicyclic) bond motifs is 1. The maximum atomic E-state index is 4.29. The lowest BCUT2D eigenvalue weighted by atomic mass is 10.2. The Balaban J connectivity index is 2.31. The van der Waals surface area contributed by atoms with E-state index in [-0.39, 0.29) is 0 Å². The van der Waals surface area contributed by atoms with Crippen LogP contribution >= 0.6 is 11.8 Å². The van der Waals surface area contributed by atoms with Crippen molar-refractivity contribution in [3.63, 3.8) is 0 Å². The highest BCUT2D eigenvalue weighted by Crippen LogP contribution is 2.29. The summed E-state index contributed by atoms with van der Waals surface area (Å²) in [4.78, 5) is 8.40. The molecule has 0 aromatic carbocycles. The second-order valence-electron chi connectivity index (χ2n) is 3.88. The monoisotopic (exact) mass is 222 g/mol. The van der Waals surface area contributed by atoms with Crippen LogP contribution in [-0.2, 0) is 0 Å². The molecule has 15 heavy (non-hydrogen) atoms. The smallest absolute Gasteiger partial charge is 0.159 e. The standard InChI is InChI=1S/C10H14N4S/c1-6(2)7(3)15-10-8-4-13-14-9(8)11-5-12-10/h4-7H,1-3H3,(H,11,12,13,14). The van der Waals surface area contributed by atoms with E-state index < -0.39 is 0 Å². The van der Waals surface area contributed by atoms with E-state index in [9.17, 15) is 0 Å². The summed E-state index contributed by atoms with van der Waals surface area (Å²) in [5.41, 5.74) is 0.809. The molecule has 2 heterocycles. The van der Waals surface area contributed by atoms with Gasteiger partial charge in [-0.3, -0.25) is 5.10 Å². The van der Waals surface area contributed by atoms with Gasteiger partial charge in [0.1, 0.15) is 11.4 Å². The van der Waals surface area contributed by atoms with Gasteiger partial charge in [0.25, 0.3) is 0 Å². The Morgan fingerprint density at radius 1 is 1.27 bits per heavy atom. The first-order chi connectivity index (χ1) is 7.18. The van der Waals surface area contributed by atoms with Crippen LogP contribution in [0, 0.1) is 5.92 Å². The minimum absolute atomic E-state index is 0.540. The zero-order valence-electron chi connectivity index (χ0n) is 9.06. The van der Waals surface area contributed by atoms with Crippen LogP contribution < -0.4 is 0 Å². The molecule has 5 heteroatoms. The first-order valence-corrected chi connectivity index (χ1v) is 5.87. The van der Waals surface area contributed by atoms with Crippen molar-refractivity contribution in [2.75, 3.05) is 0 Å². The fourth-order valence-electron chi connectivity index (χ4n) is 1.15. The van der Waals surface area contributed by atoms with Gasteiger partial charge in [-0.25, -0.2) is 9.97 Å². The molecule has 1 atom stereocenters. The van der Waals surface area contributed by atoms with E-state index in [0.29, 0.717) is 11.2 Å². The predicted molar refractivity (Wildman–Crippen MR) is 61.8 cm³/mol. The topological polar surface area (TPSA) is 54.5 Å². The van der Waals surface area contributed by atoms with Gasteiger partial charge in [0, 0.05) is 5.25 Å². The third-order valence-corrected chi connectivity index (χ3v) is 3.91. The van der Waals surface area contributed by atoms with Crippen molar-refractivity contribution in [2.45, 2.75) is 31.0 Å². The molecule has 0 amide bonds. The number of rotatable bonds is 3. The zero-order chi connectivity index (χ0) is 10.8. The summed E-state index contributed by atoms with van der Waals surface area (Å²) in [6.45, 7) is 6.64. The number of nitrogens with one attached hydrogen (secondary N) is 1. The SMILES string of the molecule is CC(C)C(C)Sc1ncnc2[nH]ncc12. The lowest BCUT2D eigenvalue weighted by molar-refractivity contribution is 0.641. The van der Waals surface area contributed by atoms with Gasteiger partial charge < -0.3 is 0 Å². The zero-order valence-corrected chi connectivity index (χ0v) is 9.88. The number of aromatic nitrogens is 4. The van der Waals surface area contributed by atoms with Crippen LogP contribution in [0.5, 0.6) is 0 Å². The summed E-state index contributed by atoms with van der Waals surface area (Å²) < 4.78 is 0. The van der Waals surface area contributed by atoms with Crippen molar-refractivity contribution in [3.8, 4) is 0 Å². The van der Waals surface area contributed by atoms with Gasteiger partial charge in [-0.05, 0) is 5.92 Å². The molecule has 0 bridgehead atoms. The molecular weight excluding hydrogens is 208 g/mol. The Kier molecular flexibility index (Phi) is 2.90. The summed E-state index contributed by atoms with van der Waals surface area (Å²) in [5, 5.41) is 9.38. The average molecular weight is 222 g/mol. The molecule has 0 radical (unpaired) electrons. The van der Waals surface area contributed by atoms with Gasteiger partial charge in [0.2, 0.25) is 0 Å². The van der Waals surface area contributed by atoms with Crippen molar-refractivity contribution in [1.82, 2.24) is 20.2 Å². The number of hydrogen-bond acceptors (Lipinski definition) is 4. The number of nitrogens with zero attached hydrogens (tertiary/aromatic N) is 3. The van der Waals surface area contributed by atoms with E-state index in [1.165, 1.54) is 0 Å². The van der Waals surface area contributed by atoms with Crippen molar-refractivity contribution in [1.29, 1.82) is 0 Å². The third kappa shape index (κ3) is 2.12. The van der Waals surface area contributed by atoms with Crippen LogP contribution in [-0.4, -0.2) is 25.4 Å². The third-order valence-electron chi connectivity index (χ3n) is 2.45. The minimum Gasteiger partial charge on any atom is -0.261 e. The molecule has 0 spiro atoms. The second kappa shape index (κ2) is 4.18. The van der Waals surface area contributed by atoms with Crippen LogP contribution in [0.15, 0.2) is 17.6 Å². The van der Waals surface area contributed by atoms with E-state index in [1.54, 1.807) is 24.3 Å². The average Bonchev–Trinajstić information content (AvgIpc) is 2.66. The summed E-state index contributed by atoms with van der Waals surface area (Å²) in [7, 11) is 0. The van der Waals surface area contributed by atoms with E-state index >= 15 is 0 Å². The van der Waals surface area contributed by atoms with Crippen LogP contribution in [0.25, 0.3) is 11.0 Å². The number of hydrogen-bond donors (Lipinski definition) is 1. The lowest BCUT2D eigenvalue weighted by Gasteiger charge is -2.13. The van der Waals surface area contributed by atoms with Crippen LogP contribution in [0.2, 0.25) is 0 Å². The van der Waals surface area contributed by atoms with Gasteiger partial charge in [-0.1, -0.05) is 20.8 Å². The molecule has 4 nitrogen and oxygen atoms in total. The number of H-pyrrole nitrogens is 1. The Morgan fingerprint density at radius 3 is 2.80 bits per heavy atom. The summed E-state index contributed by atoms with van der Waals surface area (Å²) in [6.07, 6.45) is 3.36. The molecule has 0 saturated heterocycles. The maximum Gasteiger partial charge on any atom is 0.159 e. The second-order valence-corrected chi connectivity index (χ2v) is 5.24. The minimum atomic E-state index is 0.540. The molecule has 1 N–H and O–H groups in total. The molecule has 1 unspecified atom stereocenters. The Morgan fingerprint density at radius 2 is 2.07 bits per heavy atom. The van der Waals surface area contributed by atoms with Crippen LogP contribution in [0.3, 0.4) is 0 Å². The highest BCUT2D eigenvalue weighted by Gasteiger charge is 2.13. The molecule has 0 aliphatic heterocycles. The largest absolute Gasteiger partial charge is 0.261 e. The normalized spacial score (nSPS) is 13.6. The summed E-state index contributed by atoms with van der Waals surface area (Å²) in [5.74, 6) is 0.631. The Bertz CT molecular complexity index is 451. The Hall–Kier alpha value is -1.10. The fraction of sp³-hybridized carbons (Fsp3) is 0.500. The van der Waals surface area contributed by atoms with Gasteiger partial charge in [-0.2, -0.15) is 5.10 Å². The molecule has 2 rings (SSSR count). The fourth-order valence-corrected chi connectivity index (χ4v) is 2.16. The summed E-state index contributed by atoms with van der Waals surface area (Å²) >= 11 is 1.77. The van der Waals surface area contributed by atoms with E-state index in [2.05, 4.69) is 40.9 Å². The molecule has 80 valence electrons. The Labute approximate surface area is 92.9 Å². The lowest BCUT2D eigenvalue weighted by Crippen LogP contribution is -2.05. The van der Waals surface area contributed by atoms with Gasteiger partial charge in [0.15, 0.2) is 5.65 Å². The van der Waals surface area contributed by atoms with Gasteiger partial charge >= 0.3 is 0 Å². The maximum absolute atomic E-state index is 4.29. The van der Waals surface area contributed by atoms with Crippen molar-refractivity contribution < 1.29 is 0 Å². The van der Waals surface area contributed by atoms with Crippen molar-refractivity contribution in [3.05, 3.63) is 12.5 Å². The number of thioether (sulfide) groups is 1. The molecule has 0 fully saturated rings. The van der Waals surface area contributed by atoms with Gasteiger partial charge in [-0.15, -0.1) is 11.8 Å². The first-order valence-electron chi connectivity index (χ1n) is 4.99. The van der Waals surface area contributed by atoms with E-state index in [0.717, 1.165) is 16.1 Å². The van der Waals surface area contributed by atoms with E-state index in [1.807, 2.05) is 0 Å². The molecule has 0 saturated carbocycles. The van der Waals surface area contributed by atoms with Crippen LogP contribution in [0.4, 0.5) is 0 Å².